The van der Waals surface area contributed by atoms with E-state index in [1.54, 1.807) is 0 Å². The van der Waals surface area contributed by atoms with Crippen LogP contribution in [0.3, 0.4) is 0 Å². The van der Waals surface area contributed by atoms with E-state index in [1.165, 1.54) is 5.57 Å². The smallest absolute Gasteiger partial charge is 0.155 e. The Morgan fingerprint density at radius 2 is 1.92 bits per heavy atom. The van der Waals surface area contributed by atoms with E-state index in [1.807, 2.05) is 6.08 Å². The third-order valence-electron chi connectivity index (χ3n) is 8.91. The van der Waals surface area contributed by atoms with Gasteiger partial charge in [0.15, 0.2) is 5.78 Å². The summed E-state index contributed by atoms with van der Waals surface area (Å²) in [7, 11) is 0. The first-order chi connectivity index (χ1) is 12.3. The van der Waals surface area contributed by atoms with Gasteiger partial charge in [0.25, 0.3) is 0 Å². The highest BCUT2D eigenvalue weighted by molar-refractivity contribution is 5.91. The number of hydrogen-bond acceptors (Lipinski definition) is 2. The minimum absolute atomic E-state index is 0.0799. The first-order valence-corrected chi connectivity index (χ1v) is 10.6. The molecule has 0 bridgehead atoms. The zero-order valence-electron chi connectivity index (χ0n) is 16.5. The Morgan fingerprint density at radius 3 is 2.62 bits per heavy atom. The minimum atomic E-state index is -0.449. The van der Waals surface area contributed by atoms with E-state index in [2.05, 4.69) is 20.8 Å². The summed E-state index contributed by atoms with van der Waals surface area (Å²) in [5, 5.41) is 9.38. The van der Waals surface area contributed by atoms with Crippen molar-refractivity contribution in [2.75, 3.05) is 6.61 Å². The highest BCUT2D eigenvalue weighted by atomic mass is 19.1. The molecule has 4 aliphatic rings. The van der Waals surface area contributed by atoms with Crippen molar-refractivity contribution in [3.05, 3.63) is 23.0 Å². The largest absolute Gasteiger partial charge is 0.389 e. The van der Waals surface area contributed by atoms with Crippen LogP contribution in [0.4, 0.5) is 4.39 Å². The van der Waals surface area contributed by atoms with Crippen LogP contribution in [0.5, 0.6) is 0 Å². The van der Waals surface area contributed by atoms with E-state index < -0.39 is 6.61 Å². The maximum absolute atomic E-state index is 14.4. The molecular weight excluding hydrogens is 327 g/mol. The number of hydrogen-bond donors (Lipinski definition) is 1. The van der Waals surface area contributed by atoms with Gasteiger partial charge >= 0.3 is 0 Å². The van der Waals surface area contributed by atoms with Crippen molar-refractivity contribution in [2.45, 2.75) is 72.1 Å². The molecule has 0 aliphatic heterocycles. The summed E-state index contributed by atoms with van der Waals surface area (Å²) in [5.74, 6) is 2.41. The monoisotopic (exact) mass is 360 g/mol. The molecule has 0 aromatic rings. The second kappa shape index (κ2) is 6.29. The van der Waals surface area contributed by atoms with Crippen molar-refractivity contribution in [3.8, 4) is 0 Å². The number of allylic oxidation sites excluding steroid dienone is 2. The molecule has 0 amide bonds. The van der Waals surface area contributed by atoms with E-state index in [4.69, 9.17) is 0 Å². The molecule has 3 heteroatoms. The molecule has 0 unspecified atom stereocenters. The Bertz CT molecular complexity index is 678. The lowest BCUT2D eigenvalue weighted by Gasteiger charge is -2.60. The van der Waals surface area contributed by atoms with Gasteiger partial charge in [-0.2, -0.15) is 0 Å². The van der Waals surface area contributed by atoms with Crippen LogP contribution in [0.25, 0.3) is 0 Å². The third kappa shape index (κ3) is 2.42. The zero-order chi connectivity index (χ0) is 18.7. The van der Waals surface area contributed by atoms with Crippen molar-refractivity contribution in [1.29, 1.82) is 0 Å². The van der Waals surface area contributed by atoms with Gasteiger partial charge in [-0.15, -0.1) is 0 Å². The van der Waals surface area contributed by atoms with Crippen LogP contribution in [-0.4, -0.2) is 17.5 Å². The minimum Gasteiger partial charge on any atom is -0.389 e. The molecule has 4 rings (SSSR count). The van der Waals surface area contributed by atoms with Gasteiger partial charge < -0.3 is 5.11 Å². The lowest BCUT2D eigenvalue weighted by Crippen LogP contribution is -2.52. The molecule has 0 heterocycles. The zero-order valence-corrected chi connectivity index (χ0v) is 16.5. The summed E-state index contributed by atoms with van der Waals surface area (Å²) < 4.78 is 14.4. The molecule has 0 aromatic carbocycles. The molecule has 0 saturated heterocycles. The summed E-state index contributed by atoms with van der Waals surface area (Å²) in [6, 6.07) is 0. The molecule has 1 N–H and O–H groups in total. The van der Waals surface area contributed by atoms with E-state index in [0.29, 0.717) is 35.9 Å². The second-order valence-electron chi connectivity index (χ2n) is 9.75. The van der Waals surface area contributed by atoms with Crippen molar-refractivity contribution >= 4 is 5.78 Å². The molecule has 0 radical (unpaired) electrons. The van der Waals surface area contributed by atoms with Gasteiger partial charge in [0.2, 0.25) is 0 Å². The lowest BCUT2D eigenvalue weighted by atomic mass is 9.44. The van der Waals surface area contributed by atoms with Crippen LogP contribution in [0.15, 0.2) is 23.0 Å². The number of ketones is 1. The van der Waals surface area contributed by atoms with E-state index in [0.717, 1.165) is 50.5 Å². The number of rotatable bonds is 2. The van der Waals surface area contributed by atoms with E-state index in [-0.39, 0.29) is 16.7 Å². The summed E-state index contributed by atoms with van der Waals surface area (Å²) in [6.45, 7) is 6.49. The first kappa shape index (κ1) is 18.4. The summed E-state index contributed by atoms with van der Waals surface area (Å²) >= 11 is 0. The molecule has 2 nitrogen and oxygen atoms in total. The van der Waals surface area contributed by atoms with Crippen LogP contribution in [0.1, 0.15) is 72.1 Å². The van der Waals surface area contributed by atoms with Crippen molar-refractivity contribution < 1.29 is 14.3 Å². The Labute approximate surface area is 156 Å². The predicted molar refractivity (Wildman–Crippen MR) is 101 cm³/mol. The van der Waals surface area contributed by atoms with Gasteiger partial charge in [0.05, 0.1) is 6.61 Å². The van der Waals surface area contributed by atoms with Gasteiger partial charge in [0, 0.05) is 6.42 Å². The van der Waals surface area contributed by atoms with Gasteiger partial charge in [0.1, 0.15) is 5.83 Å². The summed E-state index contributed by atoms with van der Waals surface area (Å²) in [6.07, 6.45) is 9.86. The van der Waals surface area contributed by atoms with Crippen molar-refractivity contribution in [3.63, 3.8) is 0 Å². The van der Waals surface area contributed by atoms with Crippen LogP contribution in [0, 0.1) is 34.5 Å². The van der Waals surface area contributed by atoms with Crippen molar-refractivity contribution in [2.24, 2.45) is 34.5 Å². The number of carbonyl (C=O) groups excluding carboxylic acids is 1. The molecule has 144 valence electrons. The molecular formula is C23H33FO2. The first-order valence-electron chi connectivity index (χ1n) is 10.6. The number of aliphatic hydroxyl groups is 1. The molecule has 0 spiro atoms. The number of aliphatic hydroxyl groups excluding tert-OH is 1. The standard InChI is InChI=1S/C23H33FO2/c1-4-14-11-15-12-16(26)7-9-22(15,2)19-8-10-23(3)17(20(24)13-25)5-6-18(23)21(14)19/h12,14,18-19,21,25H,4-11,13H2,1-3H3/t14-,18-,19-,21-,22-,23+/m0/s1. The number of halogens is 1. The van der Waals surface area contributed by atoms with Gasteiger partial charge in [-0.1, -0.05) is 32.8 Å². The quantitative estimate of drug-likeness (QED) is 0.719. The molecule has 4 aliphatic carbocycles. The third-order valence-corrected chi connectivity index (χ3v) is 8.91. The second-order valence-corrected chi connectivity index (χ2v) is 9.75. The maximum Gasteiger partial charge on any atom is 0.155 e. The Morgan fingerprint density at radius 1 is 1.19 bits per heavy atom. The van der Waals surface area contributed by atoms with Crippen LogP contribution < -0.4 is 0 Å². The fourth-order valence-electron chi connectivity index (χ4n) is 7.48. The summed E-state index contributed by atoms with van der Waals surface area (Å²) in [4.78, 5) is 12.1. The molecule has 3 fully saturated rings. The topological polar surface area (TPSA) is 37.3 Å². The maximum atomic E-state index is 14.4. The highest BCUT2D eigenvalue weighted by Crippen LogP contribution is 2.68. The van der Waals surface area contributed by atoms with Crippen LogP contribution >= 0.6 is 0 Å². The molecule has 0 aromatic heterocycles. The Kier molecular flexibility index (Phi) is 4.45. The molecule has 26 heavy (non-hydrogen) atoms. The average molecular weight is 361 g/mol. The highest BCUT2D eigenvalue weighted by Gasteiger charge is 2.60. The normalized spacial score (nSPS) is 47.0. The fourth-order valence-corrected chi connectivity index (χ4v) is 7.48. The summed E-state index contributed by atoms with van der Waals surface area (Å²) in [5.41, 5.74) is 2.39. The molecule has 6 atom stereocenters. The van der Waals surface area contributed by atoms with E-state index in [9.17, 15) is 14.3 Å². The number of fused-ring (bicyclic) bond motifs is 5. The lowest BCUT2D eigenvalue weighted by molar-refractivity contribution is -0.118. The Hall–Kier alpha value is -0.960. The van der Waals surface area contributed by atoms with Crippen LogP contribution in [-0.2, 0) is 4.79 Å². The molecule has 3 saturated carbocycles. The average Bonchev–Trinajstić information content (AvgIpc) is 2.98. The Balaban J connectivity index is 1.75. The predicted octanol–water partition coefficient (Wildman–Crippen LogP) is 5.37. The SMILES string of the molecule is CC[C@H]1CC2=CC(=O)CC[C@]2(C)[C@H]2CC[C@]3(C)C(=C(F)CO)CC[C@H]3[C@H]12. The van der Waals surface area contributed by atoms with Gasteiger partial charge in [-0.05, 0) is 84.7 Å². The fraction of sp³-hybridized carbons (Fsp3) is 0.783. The van der Waals surface area contributed by atoms with Gasteiger partial charge in [-0.3, -0.25) is 4.79 Å². The van der Waals surface area contributed by atoms with E-state index >= 15 is 0 Å². The van der Waals surface area contributed by atoms with Crippen molar-refractivity contribution in [1.82, 2.24) is 0 Å². The van der Waals surface area contributed by atoms with Crippen LogP contribution in [0.2, 0.25) is 0 Å². The van der Waals surface area contributed by atoms with Gasteiger partial charge in [-0.25, -0.2) is 4.39 Å². The number of carbonyl (C=O) groups is 1.